The lowest BCUT2D eigenvalue weighted by atomic mass is 10.2. The zero-order valence-electron chi connectivity index (χ0n) is 9.73. The van der Waals surface area contributed by atoms with E-state index in [1.165, 1.54) is 0 Å². The Balaban J connectivity index is 2.04. The van der Waals surface area contributed by atoms with Gasteiger partial charge in [-0.15, -0.1) is 0 Å². The van der Waals surface area contributed by atoms with Crippen molar-refractivity contribution in [3.05, 3.63) is 18.7 Å². The number of ether oxygens (including phenoxy) is 1. The molecule has 0 aliphatic carbocycles. The summed E-state index contributed by atoms with van der Waals surface area (Å²) in [6.07, 6.45) is 5.54. The molecular weight excluding hydrogens is 222 g/mol. The van der Waals surface area contributed by atoms with E-state index in [-0.39, 0.29) is 18.0 Å². The maximum absolute atomic E-state index is 8.56. The van der Waals surface area contributed by atoms with Crippen LogP contribution < -0.4 is 5.73 Å². The van der Waals surface area contributed by atoms with E-state index in [2.05, 4.69) is 15.0 Å². The van der Waals surface area contributed by atoms with Crippen molar-refractivity contribution < 1.29 is 9.94 Å². The van der Waals surface area contributed by atoms with Crippen molar-refractivity contribution in [3.8, 4) is 0 Å². The van der Waals surface area contributed by atoms with Crippen LogP contribution in [0, 0.1) is 0 Å². The summed E-state index contributed by atoms with van der Waals surface area (Å²) in [5.74, 6) is 0.214. The molecule has 0 bridgehead atoms. The maximum atomic E-state index is 8.56. The van der Waals surface area contributed by atoms with Gasteiger partial charge >= 0.3 is 0 Å². The van der Waals surface area contributed by atoms with Gasteiger partial charge in [-0.25, -0.2) is 4.98 Å². The summed E-state index contributed by atoms with van der Waals surface area (Å²) in [6.45, 7) is 2.00. The van der Waals surface area contributed by atoms with Gasteiger partial charge in [-0.05, 0) is 0 Å². The van der Waals surface area contributed by atoms with Gasteiger partial charge in [0, 0.05) is 32.6 Å². The molecule has 0 radical (unpaired) electrons. The smallest absolute Gasteiger partial charge is 0.153 e. The molecule has 1 aliphatic rings. The molecule has 94 valence electrons. The van der Waals surface area contributed by atoms with Crippen LogP contribution in [-0.2, 0) is 4.74 Å². The molecule has 7 nitrogen and oxygen atoms in total. The second-order valence-corrected chi connectivity index (χ2v) is 4.14. The van der Waals surface area contributed by atoms with Gasteiger partial charge in [0.2, 0.25) is 0 Å². The number of hydrogen-bond acceptors (Lipinski definition) is 5. The Labute approximate surface area is 99.5 Å². The summed E-state index contributed by atoms with van der Waals surface area (Å²) in [6, 6.07) is 0.217. The second-order valence-electron chi connectivity index (χ2n) is 4.14. The van der Waals surface area contributed by atoms with Crippen molar-refractivity contribution in [1.29, 1.82) is 0 Å². The van der Waals surface area contributed by atoms with E-state index in [1.54, 1.807) is 19.6 Å². The lowest BCUT2D eigenvalue weighted by molar-refractivity contribution is 0.0823. The average Bonchev–Trinajstić information content (AvgIpc) is 2.96. The van der Waals surface area contributed by atoms with E-state index in [0.717, 1.165) is 13.1 Å². The quantitative estimate of drug-likeness (QED) is 0.320. The molecule has 0 saturated carbocycles. The molecule has 2 atom stereocenters. The highest BCUT2D eigenvalue weighted by Crippen LogP contribution is 2.23. The predicted molar refractivity (Wildman–Crippen MR) is 61.9 cm³/mol. The van der Waals surface area contributed by atoms with Gasteiger partial charge in [0.25, 0.3) is 0 Å². The standard InChI is InChI=1S/C10H17N5O2/c1-17-9-5-14(6-10(11)13-16)4-8(9)15-3-2-12-7-15/h2-3,7-9,16H,4-6H2,1H3,(H2,11,13)/t8-,9-/m0/s1. The molecule has 1 aliphatic heterocycles. The lowest BCUT2D eigenvalue weighted by Crippen LogP contribution is -2.33. The molecular formula is C10H17N5O2. The summed E-state index contributed by atoms with van der Waals surface area (Å²) in [5.41, 5.74) is 5.50. The summed E-state index contributed by atoms with van der Waals surface area (Å²) in [7, 11) is 1.70. The number of hydrogen-bond donors (Lipinski definition) is 2. The average molecular weight is 239 g/mol. The monoisotopic (exact) mass is 239 g/mol. The van der Waals surface area contributed by atoms with Crippen LogP contribution >= 0.6 is 0 Å². The van der Waals surface area contributed by atoms with Crippen LogP contribution in [0.5, 0.6) is 0 Å². The number of nitrogens with two attached hydrogens (primary N) is 1. The molecule has 17 heavy (non-hydrogen) atoms. The van der Waals surface area contributed by atoms with E-state index in [4.69, 9.17) is 15.7 Å². The molecule has 0 unspecified atom stereocenters. The van der Waals surface area contributed by atoms with Crippen molar-refractivity contribution in [2.75, 3.05) is 26.7 Å². The van der Waals surface area contributed by atoms with Crippen LogP contribution in [-0.4, -0.2) is 58.3 Å². The van der Waals surface area contributed by atoms with Gasteiger partial charge in [-0.1, -0.05) is 5.16 Å². The number of likely N-dealkylation sites (tertiary alicyclic amines) is 1. The summed E-state index contributed by atoms with van der Waals surface area (Å²) in [4.78, 5) is 6.13. The van der Waals surface area contributed by atoms with Crippen LogP contribution in [0.2, 0.25) is 0 Å². The third-order valence-electron chi connectivity index (χ3n) is 3.04. The number of rotatable bonds is 4. The van der Waals surface area contributed by atoms with Crippen LogP contribution in [0.4, 0.5) is 0 Å². The van der Waals surface area contributed by atoms with Crippen molar-refractivity contribution in [3.63, 3.8) is 0 Å². The van der Waals surface area contributed by atoms with Gasteiger partial charge in [0.15, 0.2) is 5.84 Å². The molecule has 0 spiro atoms. The summed E-state index contributed by atoms with van der Waals surface area (Å²) < 4.78 is 7.49. The third kappa shape index (κ3) is 2.56. The van der Waals surface area contributed by atoms with E-state index in [9.17, 15) is 0 Å². The molecule has 3 N–H and O–H groups in total. The Hall–Kier alpha value is -1.60. The molecule has 0 amide bonds. The van der Waals surface area contributed by atoms with Crippen molar-refractivity contribution in [2.24, 2.45) is 10.9 Å². The molecule has 2 rings (SSSR count). The van der Waals surface area contributed by atoms with Gasteiger partial charge in [0.1, 0.15) is 0 Å². The van der Waals surface area contributed by atoms with E-state index in [0.29, 0.717) is 6.54 Å². The first kappa shape index (κ1) is 11.9. The van der Waals surface area contributed by atoms with E-state index in [1.807, 2.05) is 10.8 Å². The molecule has 1 fully saturated rings. The molecule has 1 aromatic heterocycles. The Morgan fingerprint density at radius 1 is 1.65 bits per heavy atom. The summed E-state index contributed by atoms with van der Waals surface area (Å²) in [5, 5.41) is 11.5. The zero-order chi connectivity index (χ0) is 12.3. The fourth-order valence-corrected chi connectivity index (χ4v) is 2.21. The normalized spacial score (nSPS) is 26.5. The van der Waals surface area contributed by atoms with Gasteiger partial charge in [-0.3, -0.25) is 4.90 Å². The van der Waals surface area contributed by atoms with Gasteiger partial charge in [0.05, 0.1) is 25.0 Å². The Morgan fingerprint density at radius 2 is 2.47 bits per heavy atom. The minimum atomic E-state index is 0.0932. The van der Waals surface area contributed by atoms with Crippen molar-refractivity contribution >= 4 is 5.84 Å². The van der Waals surface area contributed by atoms with Crippen LogP contribution in [0.3, 0.4) is 0 Å². The van der Waals surface area contributed by atoms with E-state index >= 15 is 0 Å². The first-order valence-corrected chi connectivity index (χ1v) is 5.43. The highest BCUT2D eigenvalue weighted by molar-refractivity contribution is 5.81. The minimum absolute atomic E-state index is 0.0932. The SMILES string of the molecule is CO[C@H]1CN(CC(N)=NO)C[C@@H]1n1ccnc1. The highest BCUT2D eigenvalue weighted by atomic mass is 16.5. The fraction of sp³-hybridized carbons (Fsp3) is 0.600. The second kappa shape index (κ2) is 5.15. The number of methoxy groups -OCH3 is 1. The molecule has 2 heterocycles. The Morgan fingerprint density at radius 3 is 3.06 bits per heavy atom. The third-order valence-corrected chi connectivity index (χ3v) is 3.04. The Bertz CT molecular complexity index is 378. The largest absolute Gasteiger partial charge is 0.409 e. The molecule has 0 aromatic carbocycles. The molecule has 7 heteroatoms. The first-order chi connectivity index (χ1) is 8.24. The zero-order valence-corrected chi connectivity index (χ0v) is 9.73. The van der Waals surface area contributed by atoms with Crippen LogP contribution in [0.1, 0.15) is 6.04 Å². The minimum Gasteiger partial charge on any atom is -0.409 e. The number of imidazole rings is 1. The fourth-order valence-electron chi connectivity index (χ4n) is 2.21. The topological polar surface area (TPSA) is 88.9 Å². The highest BCUT2D eigenvalue weighted by Gasteiger charge is 2.34. The number of nitrogens with zero attached hydrogens (tertiary/aromatic N) is 4. The van der Waals surface area contributed by atoms with Gasteiger partial charge in [-0.2, -0.15) is 0 Å². The van der Waals surface area contributed by atoms with Crippen LogP contribution in [0.25, 0.3) is 0 Å². The number of amidine groups is 1. The number of aromatic nitrogens is 2. The van der Waals surface area contributed by atoms with Crippen molar-refractivity contribution in [2.45, 2.75) is 12.1 Å². The van der Waals surface area contributed by atoms with E-state index < -0.39 is 0 Å². The van der Waals surface area contributed by atoms with Crippen molar-refractivity contribution in [1.82, 2.24) is 14.5 Å². The predicted octanol–water partition coefficient (Wildman–Crippen LogP) is -0.499. The summed E-state index contributed by atoms with van der Waals surface area (Å²) >= 11 is 0. The lowest BCUT2D eigenvalue weighted by Gasteiger charge is -2.17. The Kier molecular flexibility index (Phi) is 3.60. The molecule has 1 saturated heterocycles. The van der Waals surface area contributed by atoms with Crippen LogP contribution in [0.15, 0.2) is 23.9 Å². The first-order valence-electron chi connectivity index (χ1n) is 5.43. The number of oxime groups is 1. The van der Waals surface area contributed by atoms with Gasteiger partial charge < -0.3 is 20.2 Å². The molecule has 1 aromatic rings. The maximum Gasteiger partial charge on any atom is 0.153 e.